The fourth-order valence-electron chi connectivity index (χ4n) is 1.80. The second-order valence-electron chi connectivity index (χ2n) is 4.64. The van der Waals surface area contributed by atoms with Gasteiger partial charge in [0, 0.05) is 18.2 Å². The molecule has 0 saturated heterocycles. The van der Waals surface area contributed by atoms with E-state index in [-0.39, 0.29) is 22.5 Å². The molecule has 1 aromatic rings. The van der Waals surface area contributed by atoms with Crippen LogP contribution in [0.4, 0.5) is 11.4 Å². The molecule has 0 bridgehead atoms. The number of nitro groups is 1. The quantitative estimate of drug-likeness (QED) is 0.623. The summed E-state index contributed by atoms with van der Waals surface area (Å²) in [6.45, 7) is 4.10. The highest BCUT2D eigenvalue weighted by Crippen LogP contribution is 2.30. The molecule has 0 aromatic heterocycles. The smallest absolute Gasteiger partial charge is 0.288 e. The molecule has 6 nitrogen and oxygen atoms in total. The van der Waals surface area contributed by atoms with Gasteiger partial charge in [-0.25, -0.2) is 0 Å². The van der Waals surface area contributed by atoms with Crippen molar-refractivity contribution in [3.8, 4) is 0 Å². The zero-order chi connectivity index (χ0) is 15.3. The van der Waals surface area contributed by atoms with E-state index in [0.717, 1.165) is 6.42 Å². The van der Waals surface area contributed by atoms with E-state index >= 15 is 0 Å². The number of aryl methyl sites for hydroxylation is 1. The van der Waals surface area contributed by atoms with Gasteiger partial charge in [0.2, 0.25) is 5.91 Å². The molecule has 1 aromatic carbocycles. The maximum absolute atomic E-state index is 11.9. The number of rotatable bonds is 6. The highest BCUT2D eigenvalue weighted by atomic mass is 35.5. The van der Waals surface area contributed by atoms with Crippen LogP contribution >= 0.6 is 11.6 Å². The number of nitro benzene ring substituents is 1. The first-order valence-corrected chi connectivity index (χ1v) is 6.71. The fourth-order valence-corrected chi connectivity index (χ4v) is 2.03. The van der Waals surface area contributed by atoms with Crippen LogP contribution in [0.1, 0.15) is 25.3 Å². The number of hydrogen-bond donors (Lipinski definition) is 2. The molecule has 0 fully saturated rings. The van der Waals surface area contributed by atoms with Crippen LogP contribution in [0.3, 0.4) is 0 Å². The molecule has 0 aliphatic heterocycles. The van der Waals surface area contributed by atoms with Crippen molar-refractivity contribution in [2.24, 2.45) is 11.7 Å². The summed E-state index contributed by atoms with van der Waals surface area (Å²) in [5, 5.41) is 13.5. The van der Waals surface area contributed by atoms with E-state index in [1.807, 2.05) is 6.92 Å². The van der Waals surface area contributed by atoms with Gasteiger partial charge >= 0.3 is 0 Å². The Labute approximate surface area is 122 Å². The average molecular weight is 300 g/mol. The Kier molecular flexibility index (Phi) is 5.91. The van der Waals surface area contributed by atoms with Crippen LogP contribution in [0.25, 0.3) is 0 Å². The molecule has 110 valence electrons. The first-order chi connectivity index (χ1) is 9.38. The SMILES string of the molecule is CCC(CN)CC(=O)Nc1cc(Cl)c([N+](=O)[O-])cc1C. The standard InChI is InChI=1S/C13H18ClN3O3/c1-3-9(7-15)5-13(18)16-11-6-10(14)12(17(19)20)4-8(11)2/h4,6,9H,3,5,7,15H2,1-2H3,(H,16,18). The molecule has 20 heavy (non-hydrogen) atoms. The second kappa shape index (κ2) is 7.21. The third-order valence-electron chi connectivity index (χ3n) is 3.15. The Morgan fingerprint density at radius 1 is 1.55 bits per heavy atom. The van der Waals surface area contributed by atoms with Crippen LogP contribution in [0.2, 0.25) is 5.02 Å². The van der Waals surface area contributed by atoms with Gasteiger partial charge in [-0.1, -0.05) is 24.9 Å². The highest BCUT2D eigenvalue weighted by molar-refractivity contribution is 6.33. The van der Waals surface area contributed by atoms with Crippen LogP contribution in [-0.4, -0.2) is 17.4 Å². The predicted molar refractivity (Wildman–Crippen MR) is 78.9 cm³/mol. The summed E-state index contributed by atoms with van der Waals surface area (Å²) in [4.78, 5) is 22.1. The molecule has 1 atom stereocenters. The van der Waals surface area contributed by atoms with E-state index in [1.165, 1.54) is 12.1 Å². The summed E-state index contributed by atoms with van der Waals surface area (Å²) in [6.07, 6.45) is 1.14. The summed E-state index contributed by atoms with van der Waals surface area (Å²) in [6, 6.07) is 2.74. The summed E-state index contributed by atoms with van der Waals surface area (Å²) in [5.41, 5.74) is 6.46. The Balaban J connectivity index is 2.85. The van der Waals surface area contributed by atoms with Crippen LogP contribution in [0, 0.1) is 23.0 Å². The third-order valence-corrected chi connectivity index (χ3v) is 3.45. The van der Waals surface area contributed by atoms with Gasteiger partial charge in [-0.15, -0.1) is 0 Å². The van der Waals surface area contributed by atoms with Crippen molar-refractivity contribution in [2.75, 3.05) is 11.9 Å². The van der Waals surface area contributed by atoms with E-state index in [9.17, 15) is 14.9 Å². The van der Waals surface area contributed by atoms with Gasteiger partial charge < -0.3 is 11.1 Å². The Morgan fingerprint density at radius 3 is 2.70 bits per heavy atom. The molecule has 1 amide bonds. The van der Waals surface area contributed by atoms with Crippen LogP contribution in [-0.2, 0) is 4.79 Å². The van der Waals surface area contributed by atoms with Crippen molar-refractivity contribution in [1.29, 1.82) is 0 Å². The summed E-state index contributed by atoms with van der Waals surface area (Å²) in [7, 11) is 0. The van der Waals surface area contributed by atoms with Gasteiger partial charge in [-0.05, 0) is 31.0 Å². The van der Waals surface area contributed by atoms with E-state index in [1.54, 1.807) is 6.92 Å². The Morgan fingerprint density at radius 2 is 2.20 bits per heavy atom. The number of carbonyl (C=O) groups excluding carboxylic acids is 1. The molecule has 1 rings (SSSR count). The zero-order valence-electron chi connectivity index (χ0n) is 11.5. The molecule has 0 aliphatic carbocycles. The molecular formula is C13H18ClN3O3. The molecule has 1 unspecified atom stereocenters. The minimum absolute atomic E-state index is 0.00164. The van der Waals surface area contributed by atoms with Gasteiger partial charge in [0.05, 0.1) is 4.92 Å². The third kappa shape index (κ3) is 4.18. The molecule has 3 N–H and O–H groups in total. The molecular weight excluding hydrogens is 282 g/mol. The number of nitrogens with zero attached hydrogens (tertiary/aromatic N) is 1. The van der Waals surface area contributed by atoms with Gasteiger partial charge in [-0.3, -0.25) is 14.9 Å². The molecule has 0 saturated carbocycles. The van der Waals surface area contributed by atoms with Gasteiger partial charge in [0.1, 0.15) is 5.02 Å². The zero-order valence-corrected chi connectivity index (χ0v) is 12.2. The number of halogens is 1. The largest absolute Gasteiger partial charge is 0.330 e. The number of nitrogens with two attached hydrogens (primary N) is 1. The number of benzene rings is 1. The minimum Gasteiger partial charge on any atom is -0.330 e. The number of carbonyl (C=O) groups is 1. The highest BCUT2D eigenvalue weighted by Gasteiger charge is 2.17. The number of hydrogen-bond acceptors (Lipinski definition) is 4. The normalized spacial score (nSPS) is 12.0. The predicted octanol–water partition coefficient (Wildman–Crippen LogP) is 2.87. The van der Waals surface area contributed by atoms with E-state index in [4.69, 9.17) is 17.3 Å². The minimum atomic E-state index is -0.553. The van der Waals surface area contributed by atoms with Crippen molar-refractivity contribution >= 4 is 28.9 Å². The first-order valence-electron chi connectivity index (χ1n) is 6.33. The first kappa shape index (κ1) is 16.4. The molecule has 0 spiro atoms. The molecule has 7 heteroatoms. The lowest BCUT2D eigenvalue weighted by molar-refractivity contribution is -0.384. The van der Waals surface area contributed by atoms with Crippen molar-refractivity contribution < 1.29 is 9.72 Å². The lowest BCUT2D eigenvalue weighted by Crippen LogP contribution is -2.22. The van der Waals surface area contributed by atoms with Crippen LogP contribution < -0.4 is 11.1 Å². The van der Waals surface area contributed by atoms with Crippen LogP contribution in [0.15, 0.2) is 12.1 Å². The number of nitrogens with one attached hydrogen (secondary N) is 1. The topological polar surface area (TPSA) is 98.3 Å². The lowest BCUT2D eigenvalue weighted by Gasteiger charge is -2.13. The second-order valence-corrected chi connectivity index (χ2v) is 5.05. The molecule has 0 aliphatic rings. The van der Waals surface area contributed by atoms with Crippen LogP contribution in [0.5, 0.6) is 0 Å². The lowest BCUT2D eigenvalue weighted by atomic mass is 10.0. The Bertz CT molecular complexity index is 516. The summed E-state index contributed by atoms with van der Waals surface area (Å²) in [5.74, 6) is -0.0425. The van der Waals surface area contributed by atoms with Gasteiger partial charge in [0.25, 0.3) is 5.69 Å². The molecule has 0 heterocycles. The average Bonchev–Trinajstić information content (AvgIpc) is 2.39. The summed E-state index contributed by atoms with van der Waals surface area (Å²) >= 11 is 5.83. The number of amides is 1. The van der Waals surface area contributed by atoms with Gasteiger partial charge in [0.15, 0.2) is 0 Å². The van der Waals surface area contributed by atoms with Crippen molar-refractivity contribution in [3.05, 3.63) is 32.8 Å². The fraction of sp³-hybridized carbons (Fsp3) is 0.462. The Hall–Kier alpha value is -1.66. The maximum atomic E-state index is 11.9. The van der Waals surface area contributed by atoms with Gasteiger partial charge in [-0.2, -0.15) is 0 Å². The van der Waals surface area contributed by atoms with Crippen molar-refractivity contribution in [2.45, 2.75) is 26.7 Å². The number of anilines is 1. The summed E-state index contributed by atoms with van der Waals surface area (Å²) < 4.78 is 0. The van der Waals surface area contributed by atoms with Crippen molar-refractivity contribution in [1.82, 2.24) is 0 Å². The molecule has 0 radical (unpaired) electrons. The monoisotopic (exact) mass is 299 g/mol. The van der Waals surface area contributed by atoms with E-state index in [2.05, 4.69) is 5.32 Å². The van der Waals surface area contributed by atoms with Crippen molar-refractivity contribution in [3.63, 3.8) is 0 Å². The maximum Gasteiger partial charge on any atom is 0.288 e. The van der Waals surface area contributed by atoms with E-state index < -0.39 is 4.92 Å². The van der Waals surface area contributed by atoms with E-state index in [0.29, 0.717) is 24.2 Å².